The zero-order valence-electron chi connectivity index (χ0n) is 12.4. The van der Waals surface area contributed by atoms with Gasteiger partial charge in [0.2, 0.25) is 5.91 Å². The maximum absolute atomic E-state index is 13.7. The molecule has 1 heterocycles. The second-order valence-corrected chi connectivity index (χ2v) is 7.43. The van der Waals surface area contributed by atoms with Gasteiger partial charge in [0.1, 0.15) is 16.5 Å². The zero-order valence-corrected chi connectivity index (χ0v) is 13.2. The molecule has 0 spiro atoms. The van der Waals surface area contributed by atoms with E-state index in [9.17, 15) is 17.6 Å². The predicted octanol–water partition coefficient (Wildman–Crippen LogP) is 2.58. The Hall–Kier alpha value is -2.21. The molecule has 0 fully saturated rings. The highest BCUT2D eigenvalue weighted by Crippen LogP contribution is 2.27. The third-order valence-electron chi connectivity index (χ3n) is 3.90. The molecule has 1 aliphatic heterocycles. The van der Waals surface area contributed by atoms with E-state index in [-0.39, 0.29) is 0 Å². The Morgan fingerprint density at radius 1 is 1.09 bits per heavy atom. The van der Waals surface area contributed by atoms with Crippen molar-refractivity contribution < 1.29 is 17.6 Å². The van der Waals surface area contributed by atoms with E-state index in [1.54, 1.807) is 0 Å². The summed E-state index contributed by atoms with van der Waals surface area (Å²) in [6, 6.07) is 12.6. The monoisotopic (exact) mass is 333 g/mol. The van der Waals surface area contributed by atoms with Gasteiger partial charge in [0, 0.05) is 12.2 Å². The van der Waals surface area contributed by atoms with Crippen molar-refractivity contribution in [2.24, 2.45) is 0 Å². The second-order valence-electron chi connectivity index (χ2n) is 5.47. The molecule has 0 unspecified atom stereocenters. The molecule has 1 amide bonds. The number of rotatable bonds is 3. The molecule has 0 saturated heterocycles. The molecule has 0 N–H and O–H groups in total. The number of sulfone groups is 1. The van der Waals surface area contributed by atoms with Crippen LogP contribution in [0.3, 0.4) is 0 Å². The molecule has 0 saturated carbocycles. The number of anilines is 1. The van der Waals surface area contributed by atoms with Crippen LogP contribution in [0.25, 0.3) is 0 Å². The highest BCUT2D eigenvalue weighted by molar-refractivity contribution is 7.92. The Morgan fingerprint density at radius 2 is 1.78 bits per heavy atom. The quantitative estimate of drug-likeness (QED) is 0.867. The summed E-state index contributed by atoms with van der Waals surface area (Å²) >= 11 is 0. The van der Waals surface area contributed by atoms with Crippen molar-refractivity contribution in [3.63, 3.8) is 0 Å². The number of aryl methyl sites for hydroxylation is 1. The molecule has 0 bridgehead atoms. The molecule has 2 aromatic rings. The normalized spacial score (nSPS) is 14.4. The van der Waals surface area contributed by atoms with Gasteiger partial charge in [0.15, 0.2) is 9.84 Å². The first-order chi connectivity index (χ1) is 11.0. The van der Waals surface area contributed by atoms with Crippen molar-refractivity contribution >= 4 is 21.4 Å². The van der Waals surface area contributed by atoms with Crippen molar-refractivity contribution in [1.82, 2.24) is 0 Å². The Morgan fingerprint density at radius 3 is 2.57 bits per heavy atom. The number of carbonyl (C=O) groups excluding carboxylic acids is 1. The Balaban J connectivity index is 1.87. The first kappa shape index (κ1) is 15.7. The first-order valence-electron chi connectivity index (χ1n) is 7.34. The molecule has 0 aromatic heterocycles. The van der Waals surface area contributed by atoms with Gasteiger partial charge in [-0.3, -0.25) is 4.79 Å². The SMILES string of the molecule is O=C(CS(=O)(=O)c1ccccc1F)N1CCCc2ccccc21. The highest BCUT2D eigenvalue weighted by Gasteiger charge is 2.28. The lowest BCUT2D eigenvalue weighted by atomic mass is 10.0. The van der Waals surface area contributed by atoms with Crippen LogP contribution in [-0.4, -0.2) is 26.6 Å². The van der Waals surface area contributed by atoms with Gasteiger partial charge < -0.3 is 4.90 Å². The topological polar surface area (TPSA) is 54.5 Å². The minimum absolute atomic E-state index is 0.432. The number of halogens is 1. The van der Waals surface area contributed by atoms with E-state index in [4.69, 9.17) is 0 Å². The number of fused-ring (bicyclic) bond motifs is 1. The summed E-state index contributed by atoms with van der Waals surface area (Å²) < 4.78 is 38.4. The van der Waals surface area contributed by atoms with Crippen LogP contribution in [0.1, 0.15) is 12.0 Å². The Labute approximate surface area is 134 Å². The number of para-hydroxylation sites is 1. The van der Waals surface area contributed by atoms with E-state index >= 15 is 0 Å². The molecular weight excluding hydrogens is 317 g/mol. The van der Waals surface area contributed by atoms with Gasteiger partial charge in [-0.1, -0.05) is 30.3 Å². The average molecular weight is 333 g/mol. The summed E-state index contributed by atoms with van der Waals surface area (Å²) in [6.45, 7) is 0.475. The maximum Gasteiger partial charge on any atom is 0.242 e. The lowest BCUT2D eigenvalue weighted by molar-refractivity contribution is -0.116. The summed E-state index contributed by atoms with van der Waals surface area (Å²) in [5.41, 5.74) is 1.77. The molecule has 0 aliphatic carbocycles. The van der Waals surface area contributed by atoms with Gasteiger partial charge in [0.25, 0.3) is 0 Å². The van der Waals surface area contributed by atoms with Crippen LogP contribution in [0.4, 0.5) is 10.1 Å². The number of amides is 1. The van der Waals surface area contributed by atoms with Crippen molar-refractivity contribution in [3.05, 3.63) is 59.9 Å². The lowest BCUT2D eigenvalue weighted by Crippen LogP contribution is -2.39. The van der Waals surface area contributed by atoms with Crippen LogP contribution < -0.4 is 4.90 Å². The summed E-state index contributed by atoms with van der Waals surface area (Å²) in [5.74, 6) is -2.10. The molecular formula is C17H16FNO3S. The van der Waals surface area contributed by atoms with E-state index in [0.29, 0.717) is 6.54 Å². The lowest BCUT2D eigenvalue weighted by Gasteiger charge is -2.29. The smallest absolute Gasteiger partial charge is 0.242 e. The van der Waals surface area contributed by atoms with Gasteiger partial charge in [-0.05, 0) is 36.6 Å². The molecule has 120 valence electrons. The fourth-order valence-corrected chi connectivity index (χ4v) is 4.10. The molecule has 6 heteroatoms. The van der Waals surface area contributed by atoms with E-state index in [1.807, 2.05) is 24.3 Å². The van der Waals surface area contributed by atoms with Gasteiger partial charge in [-0.15, -0.1) is 0 Å². The van der Waals surface area contributed by atoms with Crippen LogP contribution in [0.5, 0.6) is 0 Å². The average Bonchev–Trinajstić information content (AvgIpc) is 2.54. The third-order valence-corrected chi connectivity index (χ3v) is 5.52. The predicted molar refractivity (Wildman–Crippen MR) is 85.6 cm³/mol. The van der Waals surface area contributed by atoms with Crippen LogP contribution in [0.15, 0.2) is 53.4 Å². The fourth-order valence-electron chi connectivity index (χ4n) is 2.81. The molecule has 0 atom stereocenters. The first-order valence-corrected chi connectivity index (χ1v) is 9.00. The molecule has 0 radical (unpaired) electrons. The minimum Gasteiger partial charge on any atom is -0.311 e. The summed E-state index contributed by atoms with van der Waals surface area (Å²) in [6.07, 6.45) is 1.64. The summed E-state index contributed by atoms with van der Waals surface area (Å²) in [7, 11) is -4.01. The number of hydrogen-bond acceptors (Lipinski definition) is 3. The van der Waals surface area contributed by atoms with Crippen molar-refractivity contribution in [2.45, 2.75) is 17.7 Å². The second kappa shape index (κ2) is 6.12. The largest absolute Gasteiger partial charge is 0.311 e. The standard InChI is InChI=1S/C17H16FNO3S/c18-14-8-2-4-10-16(14)23(21,22)12-17(20)19-11-5-7-13-6-1-3-9-15(13)19/h1-4,6,8-10H,5,7,11-12H2. The van der Waals surface area contributed by atoms with Gasteiger partial charge in [-0.25, -0.2) is 12.8 Å². The number of benzene rings is 2. The van der Waals surface area contributed by atoms with E-state index in [1.165, 1.54) is 23.1 Å². The van der Waals surface area contributed by atoms with Gasteiger partial charge >= 0.3 is 0 Å². The van der Waals surface area contributed by atoms with Crippen molar-refractivity contribution in [1.29, 1.82) is 0 Å². The Kier molecular flexibility index (Phi) is 4.17. The molecule has 3 rings (SSSR count). The van der Waals surface area contributed by atoms with E-state index in [2.05, 4.69) is 0 Å². The van der Waals surface area contributed by atoms with Gasteiger partial charge in [0.05, 0.1) is 0 Å². The molecule has 23 heavy (non-hydrogen) atoms. The summed E-state index contributed by atoms with van der Waals surface area (Å²) in [4.78, 5) is 13.5. The number of nitrogens with zero attached hydrogens (tertiary/aromatic N) is 1. The number of carbonyl (C=O) groups is 1. The summed E-state index contributed by atoms with van der Waals surface area (Å²) in [5, 5.41) is 0. The van der Waals surface area contributed by atoms with Crippen LogP contribution in [-0.2, 0) is 21.1 Å². The zero-order chi connectivity index (χ0) is 16.4. The van der Waals surface area contributed by atoms with Crippen LogP contribution in [0, 0.1) is 5.82 Å². The fraction of sp³-hybridized carbons (Fsp3) is 0.235. The van der Waals surface area contributed by atoms with Crippen molar-refractivity contribution in [3.8, 4) is 0 Å². The van der Waals surface area contributed by atoms with Crippen molar-refractivity contribution in [2.75, 3.05) is 17.2 Å². The van der Waals surface area contributed by atoms with Gasteiger partial charge in [-0.2, -0.15) is 0 Å². The van der Waals surface area contributed by atoms with Crippen LogP contribution >= 0.6 is 0 Å². The molecule has 2 aromatic carbocycles. The molecule has 1 aliphatic rings. The molecule has 4 nitrogen and oxygen atoms in total. The highest BCUT2D eigenvalue weighted by atomic mass is 32.2. The number of hydrogen-bond donors (Lipinski definition) is 0. The van der Waals surface area contributed by atoms with E-state index in [0.717, 1.165) is 30.2 Å². The van der Waals surface area contributed by atoms with E-state index < -0.39 is 32.2 Å². The minimum atomic E-state index is -4.01. The van der Waals surface area contributed by atoms with Crippen LogP contribution in [0.2, 0.25) is 0 Å². The Bertz CT molecular complexity index is 848. The third kappa shape index (κ3) is 3.12. The maximum atomic E-state index is 13.7.